The first-order chi connectivity index (χ1) is 9.22. The second-order valence-corrected chi connectivity index (χ2v) is 5.31. The van der Waals surface area contributed by atoms with Gasteiger partial charge in [-0.15, -0.1) is 0 Å². The maximum atomic E-state index is 12.1. The fraction of sp³-hybridized carbons (Fsp3) is 0.143. The molecule has 0 unspecified atom stereocenters. The van der Waals surface area contributed by atoms with Crippen molar-refractivity contribution in [2.45, 2.75) is 6.42 Å². The Morgan fingerprint density at radius 2 is 2.21 bits per heavy atom. The summed E-state index contributed by atoms with van der Waals surface area (Å²) in [5.41, 5.74) is 3.74. The molecule has 0 aliphatic carbocycles. The topological polar surface area (TPSA) is 54.0 Å². The molecular formula is C14H12BrN3O. The van der Waals surface area contributed by atoms with E-state index >= 15 is 0 Å². The largest absolute Gasteiger partial charge is 0.384 e. The number of hydrogen-bond acceptors (Lipinski definition) is 3. The Morgan fingerprint density at radius 1 is 1.32 bits per heavy atom. The van der Waals surface area contributed by atoms with Crippen molar-refractivity contribution in [1.29, 1.82) is 0 Å². The van der Waals surface area contributed by atoms with Gasteiger partial charge in [0.05, 0.1) is 5.56 Å². The van der Waals surface area contributed by atoms with Gasteiger partial charge in [0.1, 0.15) is 0 Å². The summed E-state index contributed by atoms with van der Waals surface area (Å²) in [5, 5.41) is 6.18. The van der Waals surface area contributed by atoms with E-state index in [1.54, 1.807) is 18.5 Å². The van der Waals surface area contributed by atoms with E-state index in [1.165, 1.54) is 5.56 Å². The summed E-state index contributed by atoms with van der Waals surface area (Å²) in [6.45, 7) is 0.961. The number of nitrogens with zero attached hydrogens (tertiary/aromatic N) is 1. The molecule has 2 N–H and O–H groups in total. The number of carbonyl (C=O) groups excluding carboxylic acids is 1. The van der Waals surface area contributed by atoms with E-state index in [4.69, 9.17) is 0 Å². The van der Waals surface area contributed by atoms with Crippen LogP contribution < -0.4 is 10.6 Å². The Labute approximate surface area is 119 Å². The first kappa shape index (κ1) is 12.2. The van der Waals surface area contributed by atoms with Crippen molar-refractivity contribution in [3.63, 3.8) is 0 Å². The molecule has 5 heteroatoms. The number of aromatic nitrogens is 1. The minimum atomic E-state index is -0.153. The van der Waals surface area contributed by atoms with E-state index in [0.717, 1.165) is 28.8 Å². The van der Waals surface area contributed by atoms with Gasteiger partial charge in [0.2, 0.25) is 0 Å². The number of nitrogens with one attached hydrogen (secondary N) is 2. The van der Waals surface area contributed by atoms with E-state index in [9.17, 15) is 4.79 Å². The van der Waals surface area contributed by atoms with Crippen LogP contribution in [0.4, 0.5) is 11.4 Å². The Hall–Kier alpha value is -1.88. The molecule has 3 rings (SSSR count). The molecule has 1 aromatic heterocycles. The molecule has 1 aromatic carbocycles. The molecule has 2 heterocycles. The van der Waals surface area contributed by atoms with Gasteiger partial charge < -0.3 is 10.6 Å². The minimum Gasteiger partial charge on any atom is -0.384 e. The molecule has 1 amide bonds. The standard InChI is InChI=1S/C14H12BrN3O/c15-11-5-10(7-16-8-11)14(19)18-12-1-2-13-9(6-12)3-4-17-13/h1-2,5-8,17H,3-4H2,(H,18,19). The SMILES string of the molecule is O=C(Nc1ccc2c(c1)CCN2)c1cncc(Br)c1. The smallest absolute Gasteiger partial charge is 0.257 e. The highest BCUT2D eigenvalue weighted by atomic mass is 79.9. The second-order valence-electron chi connectivity index (χ2n) is 4.39. The van der Waals surface area contributed by atoms with E-state index in [2.05, 4.69) is 31.5 Å². The molecule has 0 bridgehead atoms. The zero-order valence-corrected chi connectivity index (χ0v) is 11.7. The summed E-state index contributed by atoms with van der Waals surface area (Å²) in [4.78, 5) is 16.1. The molecule has 1 aliphatic heterocycles. The molecule has 0 spiro atoms. The molecule has 1 aliphatic rings. The molecule has 0 atom stereocenters. The molecule has 4 nitrogen and oxygen atoms in total. The fourth-order valence-corrected chi connectivity index (χ4v) is 2.49. The fourth-order valence-electron chi connectivity index (χ4n) is 2.12. The summed E-state index contributed by atoms with van der Waals surface area (Å²) in [7, 11) is 0. The van der Waals surface area contributed by atoms with Gasteiger partial charge in [0.25, 0.3) is 5.91 Å². The van der Waals surface area contributed by atoms with Gasteiger partial charge in [0.15, 0.2) is 0 Å². The van der Waals surface area contributed by atoms with Crippen molar-refractivity contribution < 1.29 is 4.79 Å². The number of pyridine rings is 1. The normalized spacial score (nSPS) is 12.7. The van der Waals surface area contributed by atoms with Crippen LogP contribution in [0.2, 0.25) is 0 Å². The van der Waals surface area contributed by atoms with Crippen LogP contribution in [0.1, 0.15) is 15.9 Å². The number of benzene rings is 1. The zero-order valence-electron chi connectivity index (χ0n) is 10.1. The van der Waals surface area contributed by atoms with Gasteiger partial charge in [0, 0.05) is 34.8 Å². The number of fused-ring (bicyclic) bond motifs is 1. The van der Waals surface area contributed by atoms with Crippen LogP contribution in [0.3, 0.4) is 0 Å². The average Bonchev–Trinajstić information content (AvgIpc) is 2.86. The Morgan fingerprint density at radius 3 is 3.05 bits per heavy atom. The lowest BCUT2D eigenvalue weighted by Crippen LogP contribution is -2.12. The van der Waals surface area contributed by atoms with Gasteiger partial charge >= 0.3 is 0 Å². The molecule has 2 aromatic rings. The average molecular weight is 318 g/mol. The monoisotopic (exact) mass is 317 g/mol. The van der Waals surface area contributed by atoms with Crippen molar-refractivity contribution in [2.75, 3.05) is 17.2 Å². The summed E-state index contributed by atoms with van der Waals surface area (Å²) >= 11 is 3.31. The van der Waals surface area contributed by atoms with Gasteiger partial charge in [-0.1, -0.05) is 0 Å². The van der Waals surface area contributed by atoms with E-state index in [1.807, 2.05) is 18.2 Å². The summed E-state index contributed by atoms with van der Waals surface area (Å²) in [6.07, 6.45) is 4.20. The summed E-state index contributed by atoms with van der Waals surface area (Å²) in [6, 6.07) is 7.66. The summed E-state index contributed by atoms with van der Waals surface area (Å²) in [5.74, 6) is -0.153. The lowest BCUT2D eigenvalue weighted by Gasteiger charge is -2.07. The highest BCUT2D eigenvalue weighted by Gasteiger charge is 2.12. The van der Waals surface area contributed by atoms with Crippen LogP contribution >= 0.6 is 15.9 Å². The van der Waals surface area contributed by atoms with Gasteiger partial charge in [-0.2, -0.15) is 0 Å². The van der Waals surface area contributed by atoms with Gasteiger partial charge in [-0.05, 0) is 52.2 Å². The second kappa shape index (κ2) is 5.01. The lowest BCUT2D eigenvalue weighted by molar-refractivity contribution is 0.102. The third kappa shape index (κ3) is 2.61. The minimum absolute atomic E-state index is 0.153. The number of hydrogen-bond donors (Lipinski definition) is 2. The van der Waals surface area contributed by atoms with Crippen LogP contribution in [0.15, 0.2) is 41.1 Å². The Bertz CT molecular complexity index is 642. The van der Waals surface area contributed by atoms with Crippen molar-refractivity contribution in [2.24, 2.45) is 0 Å². The van der Waals surface area contributed by atoms with Crippen LogP contribution in [0, 0.1) is 0 Å². The maximum absolute atomic E-state index is 12.1. The highest BCUT2D eigenvalue weighted by molar-refractivity contribution is 9.10. The van der Waals surface area contributed by atoms with Crippen LogP contribution in [0.25, 0.3) is 0 Å². The van der Waals surface area contributed by atoms with Crippen LogP contribution in [0.5, 0.6) is 0 Å². The third-order valence-corrected chi connectivity index (χ3v) is 3.47. The van der Waals surface area contributed by atoms with Crippen LogP contribution in [-0.4, -0.2) is 17.4 Å². The lowest BCUT2D eigenvalue weighted by atomic mass is 10.1. The van der Waals surface area contributed by atoms with Crippen molar-refractivity contribution >= 4 is 33.2 Å². The molecule has 0 fully saturated rings. The Kier molecular flexibility index (Phi) is 3.21. The number of carbonyl (C=O) groups is 1. The predicted molar refractivity (Wildman–Crippen MR) is 78.5 cm³/mol. The molecule has 0 radical (unpaired) electrons. The Balaban J connectivity index is 1.80. The third-order valence-electron chi connectivity index (χ3n) is 3.04. The molecule has 96 valence electrons. The van der Waals surface area contributed by atoms with Gasteiger partial charge in [-0.25, -0.2) is 0 Å². The number of halogens is 1. The van der Waals surface area contributed by atoms with Crippen LogP contribution in [-0.2, 0) is 6.42 Å². The highest BCUT2D eigenvalue weighted by Crippen LogP contribution is 2.25. The molecule has 0 saturated carbocycles. The maximum Gasteiger partial charge on any atom is 0.257 e. The van der Waals surface area contributed by atoms with E-state index in [-0.39, 0.29) is 5.91 Å². The summed E-state index contributed by atoms with van der Waals surface area (Å²) < 4.78 is 0.790. The van der Waals surface area contributed by atoms with E-state index < -0.39 is 0 Å². The quantitative estimate of drug-likeness (QED) is 0.895. The molecule has 19 heavy (non-hydrogen) atoms. The van der Waals surface area contributed by atoms with Crippen molar-refractivity contribution in [3.8, 4) is 0 Å². The molecular weight excluding hydrogens is 306 g/mol. The first-order valence-corrected chi connectivity index (χ1v) is 6.80. The number of rotatable bonds is 2. The van der Waals surface area contributed by atoms with Crippen molar-refractivity contribution in [3.05, 3.63) is 52.3 Å². The van der Waals surface area contributed by atoms with Crippen molar-refractivity contribution in [1.82, 2.24) is 4.98 Å². The van der Waals surface area contributed by atoms with E-state index in [0.29, 0.717) is 5.56 Å². The van der Waals surface area contributed by atoms with Gasteiger partial charge in [-0.3, -0.25) is 9.78 Å². The molecule has 0 saturated heterocycles. The number of anilines is 2. The predicted octanol–water partition coefficient (Wildman–Crippen LogP) is 3.06. The zero-order chi connectivity index (χ0) is 13.2. The number of amides is 1. The first-order valence-electron chi connectivity index (χ1n) is 6.01.